The number of unbranched alkanes of at least 4 members (excludes halogenated alkanes) is 1. The number of halogens is 1. The van der Waals surface area contributed by atoms with Crippen molar-refractivity contribution in [1.82, 2.24) is 9.88 Å². The molecule has 0 saturated carbocycles. The smallest absolute Gasteiger partial charge is 0.264 e. The van der Waals surface area contributed by atoms with E-state index in [0.717, 1.165) is 23.7 Å². The molecular weight excluding hydrogens is 356 g/mol. The predicted octanol–water partition coefficient (Wildman–Crippen LogP) is 4.69. The summed E-state index contributed by atoms with van der Waals surface area (Å²) in [7, 11) is 0. The van der Waals surface area contributed by atoms with E-state index in [1.54, 1.807) is 17.0 Å². The molecule has 0 radical (unpaired) electrons. The Hall–Kier alpha value is -2.11. The first-order valence-corrected chi connectivity index (χ1v) is 9.48. The number of amides is 1. The fraction of sp³-hybridized carbons (Fsp3) is 0.263. The van der Waals surface area contributed by atoms with Gasteiger partial charge >= 0.3 is 0 Å². The van der Waals surface area contributed by atoms with Gasteiger partial charge in [-0.25, -0.2) is 0 Å². The Morgan fingerprint density at radius 3 is 2.84 bits per heavy atom. The van der Waals surface area contributed by atoms with E-state index < -0.39 is 0 Å². The molecule has 0 spiro atoms. The number of hydrogen-bond acceptors (Lipinski definition) is 3. The molecule has 1 N–H and O–H groups in total. The van der Waals surface area contributed by atoms with E-state index in [-0.39, 0.29) is 18.0 Å². The first-order valence-electron chi connectivity index (χ1n) is 8.22. The third-order valence-corrected chi connectivity index (χ3v) is 5.14. The van der Waals surface area contributed by atoms with E-state index in [4.69, 9.17) is 11.6 Å². The summed E-state index contributed by atoms with van der Waals surface area (Å²) >= 11 is 7.47. The zero-order valence-electron chi connectivity index (χ0n) is 13.9. The first kappa shape index (κ1) is 17.7. The van der Waals surface area contributed by atoms with Gasteiger partial charge in [0, 0.05) is 28.0 Å². The Kier molecular flexibility index (Phi) is 5.56. The van der Waals surface area contributed by atoms with Crippen LogP contribution >= 0.6 is 22.9 Å². The minimum absolute atomic E-state index is 0.0333. The monoisotopic (exact) mass is 374 g/mol. The molecule has 0 fully saturated rings. The topological polar surface area (TPSA) is 53.2 Å². The van der Waals surface area contributed by atoms with Crippen LogP contribution in [0.3, 0.4) is 0 Å². The van der Waals surface area contributed by atoms with Crippen LogP contribution in [0.25, 0.3) is 10.9 Å². The van der Waals surface area contributed by atoms with Crippen molar-refractivity contribution in [1.29, 1.82) is 0 Å². The predicted molar refractivity (Wildman–Crippen MR) is 104 cm³/mol. The third-order valence-electron chi connectivity index (χ3n) is 4.05. The number of aromatic amines is 1. The fourth-order valence-corrected chi connectivity index (χ4v) is 3.57. The van der Waals surface area contributed by atoms with E-state index in [0.29, 0.717) is 22.0 Å². The molecule has 0 aliphatic rings. The standard InChI is InChI=1S/C19H19ClN2O2S/c1-2-3-8-22(19(24)17-5-4-9-25-17)12-14-10-13-11-15(20)6-7-16(13)21-18(14)23/h4-7,9-11H,2-3,8,12H2,1H3,(H,21,23). The quantitative estimate of drug-likeness (QED) is 0.680. The number of nitrogens with one attached hydrogen (secondary N) is 1. The highest BCUT2D eigenvalue weighted by Crippen LogP contribution is 2.19. The molecule has 2 aromatic heterocycles. The van der Waals surface area contributed by atoms with Crippen molar-refractivity contribution in [2.24, 2.45) is 0 Å². The van der Waals surface area contributed by atoms with Gasteiger partial charge < -0.3 is 9.88 Å². The molecule has 0 saturated heterocycles. The maximum atomic E-state index is 12.7. The Morgan fingerprint density at radius 2 is 2.12 bits per heavy atom. The number of thiophene rings is 1. The number of fused-ring (bicyclic) bond motifs is 1. The van der Waals surface area contributed by atoms with Crippen molar-refractivity contribution in [3.63, 3.8) is 0 Å². The molecule has 6 heteroatoms. The Labute approximate surface area is 155 Å². The van der Waals surface area contributed by atoms with Crippen LogP contribution in [-0.2, 0) is 6.54 Å². The van der Waals surface area contributed by atoms with E-state index in [2.05, 4.69) is 11.9 Å². The molecule has 3 aromatic rings. The van der Waals surface area contributed by atoms with E-state index in [1.165, 1.54) is 11.3 Å². The number of rotatable bonds is 6. The first-order chi connectivity index (χ1) is 12.1. The zero-order chi connectivity index (χ0) is 17.8. The maximum absolute atomic E-state index is 12.7. The molecule has 1 amide bonds. The second kappa shape index (κ2) is 7.85. The minimum Gasteiger partial charge on any atom is -0.333 e. The van der Waals surface area contributed by atoms with Gasteiger partial charge in [-0.3, -0.25) is 9.59 Å². The lowest BCUT2D eigenvalue weighted by Crippen LogP contribution is -2.33. The minimum atomic E-state index is -0.171. The largest absolute Gasteiger partial charge is 0.333 e. The van der Waals surface area contributed by atoms with Crippen molar-refractivity contribution >= 4 is 39.7 Å². The molecule has 2 heterocycles. The average Bonchev–Trinajstić information content (AvgIpc) is 3.13. The van der Waals surface area contributed by atoms with Crippen LogP contribution < -0.4 is 5.56 Å². The van der Waals surface area contributed by atoms with Gasteiger partial charge in [0.15, 0.2) is 0 Å². The van der Waals surface area contributed by atoms with Gasteiger partial charge in [-0.05, 0) is 42.1 Å². The van der Waals surface area contributed by atoms with Crippen molar-refractivity contribution in [3.8, 4) is 0 Å². The summed E-state index contributed by atoms with van der Waals surface area (Å²) in [6, 6.07) is 10.8. The highest BCUT2D eigenvalue weighted by molar-refractivity contribution is 7.12. The number of hydrogen-bond donors (Lipinski definition) is 1. The molecular formula is C19H19ClN2O2S. The number of carbonyl (C=O) groups is 1. The van der Waals surface area contributed by atoms with Gasteiger partial charge in [0.1, 0.15) is 0 Å². The van der Waals surface area contributed by atoms with Gasteiger partial charge in [-0.2, -0.15) is 0 Å². The van der Waals surface area contributed by atoms with Crippen molar-refractivity contribution in [2.45, 2.75) is 26.3 Å². The summed E-state index contributed by atoms with van der Waals surface area (Å²) in [5.41, 5.74) is 1.13. The summed E-state index contributed by atoms with van der Waals surface area (Å²) in [5, 5.41) is 3.36. The van der Waals surface area contributed by atoms with Gasteiger partial charge in [-0.1, -0.05) is 31.0 Å². The molecule has 25 heavy (non-hydrogen) atoms. The second-order valence-corrected chi connectivity index (χ2v) is 7.30. The Morgan fingerprint density at radius 1 is 1.28 bits per heavy atom. The molecule has 0 unspecified atom stereocenters. The maximum Gasteiger partial charge on any atom is 0.264 e. The molecule has 130 valence electrons. The lowest BCUT2D eigenvalue weighted by molar-refractivity contribution is 0.0745. The molecule has 4 nitrogen and oxygen atoms in total. The second-order valence-electron chi connectivity index (χ2n) is 5.91. The summed E-state index contributed by atoms with van der Waals surface area (Å²) in [4.78, 5) is 30.5. The van der Waals surface area contributed by atoms with Crippen LogP contribution in [0.4, 0.5) is 0 Å². The number of carbonyl (C=O) groups excluding carboxylic acids is 1. The molecule has 0 aliphatic carbocycles. The van der Waals surface area contributed by atoms with Crippen LogP contribution in [0.5, 0.6) is 0 Å². The molecule has 0 aliphatic heterocycles. The van der Waals surface area contributed by atoms with Gasteiger partial charge in [-0.15, -0.1) is 11.3 Å². The SMILES string of the molecule is CCCCN(Cc1cc2cc(Cl)ccc2[nH]c1=O)C(=O)c1cccs1. The lowest BCUT2D eigenvalue weighted by Gasteiger charge is -2.22. The zero-order valence-corrected chi connectivity index (χ0v) is 15.5. The van der Waals surface area contributed by atoms with Gasteiger partial charge in [0.05, 0.1) is 11.4 Å². The number of nitrogens with zero attached hydrogens (tertiary/aromatic N) is 1. The molecule has 3 rings (SSSR count). The number of aromatic nitrogens is 1. The number of pyridine rings is 1. The van der Waals surface area contributed by atoms with Crippen LogP contribution in [0.15, 0.2) is 46.6 Å². The molecule has 0 bridgehead atoms. The Bertz CT molecular complexity index is 934. The van der Waals surface area contributed by atoms with Crippen LogP contribution in [0, 0.1) is 0 Å². The van der Waals surface area contributed by atoms with Gasteiger partial charge in [0.2, 0.25) is 0 Å². The lowest BCUT2D eigenvalue weighted by atomic mass is 10.1. The highest BCUT2D eigenvalue weighted by atomic mass is 35.5. The highest BCUT2D eigenvalue weighted by Gasteiger charge is 2.18. The van der Waals surface area contributed by atoms with Crippen LogP contribution in [0.1, 0.15) is 35.0 Å². The Balaban J connectivity index is 1.93. The fourth-order valence-electron chi connectivity index (χ4n) is 2.70. The van der Waals surface area contributed by atoms with E-state index in [9.17, 15) is 9.59 Å². The molecule has 1 aromatic carbocycles. The summed E-state index contributed by atoms with van der Waals surface area (Å²) in [5.74, 6) is -0.0333. The van der Waals surface area contributed by atoms with Crippen molar-refractivity contribution in [2.75, 3.05) is 6.54 Å². The molecule has 0 atom stereocenters. The summed E-state index contributed by atoms with van der Waals surface area (Å²) in [6.07, 6.45) is 1.88. The summed E-state index contributed by atoms with van der Waals surface area (Å²) < 4.78 is 0. The van der Waals surface area contributed by atoms with Crippen LogP contribution in [-0.4, -0.2) is 22.3 Å². The third kappa shape index (κ3) is 4.11. The number of benzene rings is 1. The van der Waals surface area contributed by atoms with E-state index in [1.807, 2.05) is 29.6 Å². The van der Waals surface area contributed by atoms with Crippen molar-refractivity contribution in [3.05, 3.63) is 67.6 Å². The van der Waals surface area contributed by atoms with Crippen molar-refractivity contribution < 1.29 is 4.79 Å². The average molecular weight is 375 g/mol. The normalized spacial score (nSPS) is 11.0. The van der Waals surface area contributed by atoms with E-state index >= 15 is 0 Å². The van der Waals surface area contributed by atoms with Gasteiger partial charge in [0.25, 0.3) is 11.5 Å². The number of H-pyrrole nitrogens is 1. The van der Waals surface area contributed by atoms with Crippen LogP contribution in [0.2, 0.25) is 5.02 Å². The summed E-state index contributed by atoms with van der Waals surface area (Å²) in [6.45, 7) is 2.99.